The molecule has 674 valence electrons. The maximum atomic E-state index is 2.46. The average molecular weight is 1830 g/mol. The quantitative estimate of drug-likeness (QED) is 0.104. The Bertz CT molecular complexity index is 9870. The zero-order chi connectivity index (χ0) is 95.1. The molecule has 0 amide bonds. The lowest BCUT2D eigenvalue weighted by Crippen LogP contribution is -1.96. The van der Waals surface area contributed by atoms with Gasteiger partial charge in [0.15, 0.2) is 0 Å². The lowest BCUT2D eigenvalue weighted by molar-refractivity contribution is 1.17. The molecular weight excluding hydrogens is 1740 g/mol. The number of hydrogen-bond donors (Lipinski definition) is 0. The predicted octanol–water partition coefficient (Wildman–Crippen LogP) is 37.0. The Morgan fingerprint density at radius 1 is 0.0833 bits per heavy atom. The average Bonchev–Trinajstić information content (AvgIpc) is 1.55. The van der Waals surface area contributed by atoms with Crippen molar-refractivity contribution in [2.24, 2.45) is 0 Å². The minimum atomic E-state index is 1.15. The van der Waals surface area contributed by atoms with Crippen molar-refractivity contribution in [3.05, 3.63) is 558 Å². The summed E-state index contributed by atoms with van der Waals surface area (Å²) in [5.74, 6) is 0. The summed E-state index contributed by atoms with van der Waals surface area (Å²) in [6.45, 7) is 0. The van der Waals surface area contributed by atoms with Crippen LogP contribution >= 0.6 is 0 Å². The summed E-state index contributed by atoms with van der Waals surface area (Å²) < 4.78 is 14.6. The first-order valence-corrected chi connectivity index (χ1v) is 49.5. The van der Waals surface area contributed by atoms with E-state index in [1.54, 1.807) is 0 Å². The highest BCUT2D eigenvalue weighted by molar-refractivity contribution is 6.32. The van der Waals surface area contributed by atoms with Gasteiger partial charge in [0.1, 0.15) is 0 Å². The van der Waals surface area contributed by atoms with Gasteiger partial charge in [0, 0.05) is 98.8 Å². The maximum absolute atomic E-state index is 2.46. The molecule has 0 N–H and O–H groups in total. The number of benzene rings is 23. The third-order valence-corrected chi connectivity index (χ3v) is 29.1. The molecule has 29 aromatic rings. The van der Waals surface area contributed by atoms with Gasteiger partial charge in [-0.2, -0.15) is 0 Å². The van der Waals surface area contributed by atoms with Crippen molar-refractivity contribution in [2.45, 2.75) is 0 Å². The van der Waals surface area contributed by atoms with Crippen molar-refractivity contribution in [1.29, 1.82) is 0 Å². The van der Waals surface area contributed by atoms with Gasteiger partial charge in [-0.25, -0.2) is 0 Å². The lowest BCUT2D eigenvalue weighted by atomic mass is 9.98. The zero-order valence-electron chi connectivity index (χ0n) is 78.8. The first-order valence-electron chi connectivity index (χ1n) is 49.5. The van der Waals surface area contributed by atoms with E-state index in [9.17, 15) is 0 Å². The van der Waals surface area contributed by atoms with E-state index in [1.807, 2.05) is 0 Å². The summed E-state index contributed by atoms with van der Waals surface area (Å²) in [6, 6.07) is 202. The van der Waals surface area contributed by atoms with Crippen molar-refractivity contribution >= 4 is 131 Å². The van der Waals surface area contributed by atoms with Crippen LogP contribution in [-0.4, -0.2) is 27.4 Å². The molecule has 0 radical (unpaired) electrons. The van der Waals surface area contributed by atoms with Gasteiger partial charge in [-0.1, -0.05) is 400 Å². The van der Waals surface area contributed by atoms with E-state index in [0.717, 1.165) is 34.1 Å². The van der Waals surface area contributed by atoms with Crippen LogP contribution in [0.5, 0.6) is 0 Å². The zero-order valence-corrected chi connectivity index (χ0v) is 78.8. The van der Waals surface area contributed by atoms with E-state index in [-0.39, 0.29) is 0 Å². The van der Waals surface area contributed by atoms with Gasteiger partial charge < -0.3 is 27.4 Å². The monoisotopic (exact) mass is 1830 g/mol. The highest BCUT2D eigenvalue weighted by Crippen LogP contribution is 2.49. The van der Waals surface area contributed by atoms with Gasteiger partial charge in [0.05, 0.1) is 66.2 Å². The molecule has 144 heavy (non-hydrogen) atoms. The van der Waals surface area contributed by atoms with Gasteiger partial charge in [-0.15, -0.1) is 0 Å². The Balaban J connectivity index is 0.000000108. The second-order valence-corrected chi connectivity index (χ2v) is 37.3. The first kappa shape index (κ1) is 84.2. The van der Waals surface area contributed by atoms with Crippen molar-refractivity contribution in [3.8, 4) is 123 Å². The fourth-order valence-electron chi connectivity index (χ4n) is 22.6. The highest BCUT2D eigenvalue weighted by Gasteiger charge is 2.27. The lowest BCUT2D eigenvalue weighted by Gasteiger charge is -2.14. The first-order chi connectivity index (χ1) is 71.5. The van der Waals surface area contributed by atoms with Crippen LogP contribution in [0.4, 0.5) is 0 Å². The van der Waals surface area contributed by atoms with Crippen LogP contribution in [-0.2, 0) is 0 Å². The van der Waals surface area contributed by atoms with E-state index < -0.39 is 0 Å². The molecule has 0 aliphatic heterocycles. The summed E-state index contributed by atoms with van der Waals surface area (Å²) in [7, 11) is 0. The van der Waals surface area contributed by atoms with Crippen LogP contribution in [0.15, 0.2) is 558 Å². The highest BCUT2D eigenvalue weighted by atomic mass is 15.0. The van der Waals surface area contributed by atoms with Gasteiger partial charge in [0.25, 0.3) is 0 Å². The van der Waals surface area contributed by atoms with Gasteiger partial charge in [0.2, 0.25) is 0 Å². The fourth-order valence-corrected chi connectivity index (χ4v) is 22.6. The van der Waals surface area contributed by atoms with Crippen molar-refractivity contribution in [3.63, 3.8) is 0 Å². The minimum Gasteiger partial charge on any atom is -0.309 e. The molecule has 6 heteroatoms. The number of rotatable bonds is 14. The van der Waals surface area contributed by atoms with Crippen LogP contribution in [0, 0.1) is 0 Å². The summed E-state index contributed by atoms with van der Waals surface area (Å²) in [6.07, 6.45) is 0. The number of hydrogen-bond acceptors (Lipinski definition) is 0. The summed E-state index contributed by atoms with van der Waals surface area (Å²) in [4.78, 5) is 0. The number of fused-ring (bicyclic) bond motifs is 21. The van der Waals surface area contributed by atoms with E-state index in [1.165, 1.54) is 220 Å². The standard InChI is InChI=1S/2C48H32N2.C42H28N2/c1-4-14-33(15-5-1)36-24-26-39(27-25-36)49-43-22-12-10-20-41(43)47-45(49)28-29-46-48(47)42-21-11-13-23-44(42)50(46)40-31-37(34-16-6-2-7-17-34)30-38(32-40)35-18-8-3-9-19-35;1-3-12-33(13-4-1)35-22-26-39(27-23-35)49-43-20-9-7-18-41(43)47-45(49)30-31-46-48(47)42-19-8-10-21-44(42)50(46)40-28-24-36(25-29-40)38-17-11-16-37(32-38)34-14-5-2-6-15-34;1-3-12-29(13-4-1)31-22-24-33(25-23-31)43-37-20-9-7-18-35(37)41-39(43)26-27-40-42(41)36-19-8-10-21-38(36)44(40)34-17-11-16-32(28-34)30-14-5-2-6-15-30/h2*1-32H;1-28H. The maximum Gasteiger partial charge on any atom is 0.0548 e. The van der Waals surface area contributed by atoms with Gasteiger partial charge in [-0.3, -0.25) is 0 Å². The van der Waals surface area contributed by atoms with Crippen LogP contribution in [0.25, 0.3) is 254 Å². The van der Waals surface area contributed by atoms with Crippen molar-refractivity contribution in [1.82, 2.24) is 27.4 Å². The van der Waals surface area contributed by atoms with Crippen LogP contribution in [0.1, 0.15) is 0 Å². The third-order valence-electron chi connectivity index (χ3n) is 29.1. The molecule has 6 heterocycles. The predicted molar refractivity (Wildman–Crippen MR) is 609 cm³/mol. The van der Waals surface area contributed by atoms with E-state index in [4.69, 9.17) is 0 Å². The van der Waals surface area contributed by atoms with Crippen molar-refractivity contribution in [2.75, 3.05) is 0 Å². The Morgan fingerprint density at radius 2 is 0.243 bits per heavy atom. The Labute approximate surface area is 833 Å². The summed E-state index contributed by atoms with van der Waals surface area (Å²) >= 11 is 0. The molecule has 23 aromatic carbocycles. The smallest absolute Gasteiger partial charge is 0.0548 e. The molecule has 0 unspecified atom stereocenters. The second-order valence-electron chi connectivity index (χ2n) is 37.3. The summed E-state index contributed by atoms with van der Waals surface area (Å²) in [5, 5.41) is 15.3. The van der Waals surface area contributed by atoms with E-state index >= 15 is 0 Å². The molecule has 0 atom stereocenters. The van der Waals surface area contributed by atoms with Crippen LogP contribution < -0.4 is 0 Å². The van der Waals surface area contributed by atoms with E-state index in [0.29, 0.717) is 0 Å². The molecule has 0 bridgehead atoms. The second kappa shape index (κ2) is 35.7. The van der Waals surface area contributed by atoms with Gasteiger partial charge >= 0.3 is 0 Å². The Hall–Kier alpha value is -19.1. The van der Waals surface area contributed by atoms with Gasteiger partial charge in [-0.05, 0) is 247 Å². The molecule has 0 saturated carbocycles. The number of para-hydroxylation sites is 6. The fraction of sp³-hybridized carbons (Fsp3) is 0. The minimum absolute atomic E-state index is 1.15. The third kappa shape index (κ3) is 14.6. The normalized spacial score (nSPS) is 11.6. The molecule has 6 aromatic heterocycles. The SMILES string of the molecule is c1ccc(-c2ccc(-n3c4ccccc4c4c5c6ccccc6n(-c6cc(-c7ccccc7)cc(-c7ccccc7)c6)c5ccc43)cc2)cc1.c1ccc(-c2ccc(-n3c4ccccc4c4c5c6ccccc6n(-c6ccc(-c7cccc(-c8ccccc8)c7)cc6)c5ccc43)cc2)cc1.c1ccc(-c2ccc(-n3c4ccccc4c4c5c6ccccc6n(-c6cccc(-c7ccccc7)c6)c5ccc43)cc2)cc1. The Morgan fingerprint density at radius 3 is 0.493 bits per heavy atom. The molecule has 0 aliphatic carbocycles. The van der Waals surface area contributed by atoms with Crippen LogP contribution in [0.2, 0.25) is 0 Å². The Kier molecular flexibility index (Phi) is 20.9. The molecule has 0 fully saturated rings. The summed E-state index contributed by atoms with van der Waals surface area (Å²) in [5.41, 5.74) is 40.9. The molecule has 6 nitrogen and oxygen atoms in total. The molecule has 0 saturated heterocycles. The molecule has 0 aliphatic rings. The van der Waals surface area contributed by atoms with Crippen molar-refractivity contribution < 1.29 is 0 Å². The topological polar surface area (TPSA) is 29.6 Å². The number of nitrogens with zero attached hydrogens (tertiary/aromatic N) is 6. The largest absolute Gasteiger partial charge is 0.309 e. The molecule has 0 spiro atoms. The molecule has 29 rings (SSSR count). The van der Waals surface area contributed by atoms with E-state index in [2.05, 4.69) is 586 Å². The van der Waals surface area contributed by atoms with Crippen LogP contribution in [0.3, 0.4) is 0 Å². The molecular formula is C138H92N6. The number of aromatic nitrogens is 6.